The van der Waals surface area contributed by atoms with Crippen LogP contribution in [0.4, 0.5) is 21.2 Å². The van der Waals surface area contributed by atoms with Gasteiger partial charge in [0.1, 0.15) is 6.54 Å². The first kappa shape index (κ1) is 17.4. The minimum atomic E-state index is -0.852. The first-order valence-corrected chi connectivity index (χ1v) is 8.72. The predicted octanol–water partition coefficient (Wildman–Crippen LogP) is 1.75. The Bertz CT molecular complexity index is 1060. The lowest BCUT2D eigenvalue weighted by Crippen LogP contribution is -2.34. The van der Waals surface area contributed by atoms with E-state index in [-0.39, 0.29) is 18.2 Å². The molecule has 0 bridgehead atoms. The number of halogens is 1. The number of anilines is 2. The Kier molecular flexibility index (Phi) is 4.24. The molecule has 1 amide bonds. The van der Waals surface area contributed by atoms with Gasteiger partial charge in [-0.15, -0.1) is 0 Å². The molecule has 0 spiro atoms. The number of ether oxygens (including phenoxy) is 1. The summed E-state index contributed by atoms with van der Waals surface area (Å²) in [6.45, 7) is -0.0305. The summed E-state index contributed by atoms with van der Waals surface area (Å²) in [6, 6.07) is 2.81. The van der Waals surface area contributed by atoms with Gasteiger partial charge < -0.3 is 24.6 Å². The smallest absolute Gasteiger partial charge is 0.246 e. The Morgan fingerprint density at radius 2 is 2.30 bits per heavy atom. The number of aliphatic hydroxyl groups excluding tert-OH is 1. The normalized spacial score (nSPS) is 15.9. The van der Waals surface area contributed by atoms with Crippen LogP contribution in [0.25, 0.3) is 10.2 Å². The Balaban J connectivity index is 1.52. The van der Waals surface area contributed by atoms with Crippen LogP contribution in [0.1, 0.15) is 0 Å². The van der Waals surface area contributed by atoms with Crippen molar-refractivity contribution in [3.63, 3.8) is 0 Å². The van der Waals surface area contributed by atoms with Gasteiger partial charge in [-0.25, -0.2) is 19.4 Å². The number of thiazole rings is 1. The molecule has 3 aromatic rings. The van der Waals surface area contributed by atoms with Gasteiger partial charge in [-0.05, 0) is 6.07 Å². The molecular formula is C16H15FN6O3S. The number of fused-ring (bicyclic) bond motifs is 2. The van der Waals surface area contributed by atoms with E-state index in [9.17, 15) is 14.3 Å². The number of aliphatic hydroxyl groups is 1. The molecule has 11 heteroatoms. The fourth-order valence-corrected chi connectivity index (χ4v) is 3.57. The summed E-state index contributed by atoms with van der Waals surface area (Å²) in [5.41, 5.74) is 0.536. The van der Waals surface area contributed by atoms with Crippen LogP contribution in [0.2, 0.25) is 0 Å². The maximum atomic E-state index is 13.8. The number of hydrogen-bond acceptors (Lipinski definition) is 8. The molecule has 1 aromatic carbocycles. The molecule has 2 aromatic heterocycles. The molecular weight excluding hydrogens is 375 g/mol. The van der Waals surface area contributed by atoms with Crippen molar-refractivity contribution in [3.05, 3.63) is 24.3 Å². The highest BCUT2D eigenvalue weighted by atomic mass is 32.1. The lowest BCUT2D eigenvalue weighted by Gasteiger charge is -2.24. The summed E-state index contributed by atoms with van der Waals surface area (Å²) >= 11 is 1.17. The third-order valence-corrected chi connectivity index (χ3v) is 5.01. The molecule has 140 valence electrons. The first-order valence-electron chi connectivity index (χ1n) is 7.90. The third-order valence-electron chi connectivity index (χ3n) is 4.07. The summed E-state index contributed by atoms with van der Waals surface area (Å²) < 4.78 is 20.9. The van der Waals surface area contributed by atoms with Gasteiger partial charge in [-0.3, -0.25) is 4.79 Å². The van der Waals surface area contributed by atoms with E-state index >= 15 is 0 Å². The monoisotopic (exact) mass is 390 g/mol. The SMILES string of the molecule is COc1cc2nc(NC(=O)Cn3cnc4c3N=CC(O)N4C)sc2cc1F. The van der Waals surface area contributed by atoms with Crippen LogP contribution in [-0.2, 0) is 11.3 Å². The zero-order chi connectivity index (χ0) is 19.1. The van der Waals surface area contributed by atoms with Gasteiger partial charge >= 0.3 is 0 Å². The van der Waals surface area contributed by atoms with Crippen molar-refractivity contribution in [3.8, 4) is 5.75 Å². The van der Waals surface area contributed by atoms with Crippen molar-refractivity contribution in [2.24, 2.45) is 4.99 Å². The van der Waals surface area contributed by atoms with Crippen LogP contribution >= 0.6 is 11.3 Å². The summed E-state index contributed by atoms with van der Waals surface area (Å²) in [6.07, 6.45) is 2.00. The zero-order valence-electron chi connectivity index (χ0n) is 14.4. The van der Waals surface area contributed by atoms with Gasteiger partial charge in [0.2, 0.25) is 5.91 Å². The van der Waals surface area contributed by atoms with Crippen molar-refractivity contribution in [1.29, 1.82) is 0 Å². The number of rotatable bonds is 4. The van der Waals surface area contributed by atoms with E-state index in [1.54, 1.807) is 16.5 Å². The highest BCUT2D eigenvalue weighted by Crippen LogP contribution is 2.32. The standard InChI is InChI=1S/C16H15FN6O3S/c1-22-13(25)5-18-15-14(22)19-7-23(15)6-12(24)21-16-20-9-4-10(26-2)8(17)3-11(9)27-16/h3-5,7,13,25H,6H2,1-2H3,(H,20,21,24). The molecule has 4 rings (SSSR count). The number of hydrogen-bond donors (Lipinski definition) is 2. The predicted molar refractivity (Wildman–Crippen MR) is 99.5 cm³/mol. The molecule has 0 saturated heterocycles. The number of carbonyl (C=O) groups is 1. The van der Waals surface area contributed by atoms with Crippen LogP contribution in [-0.4, -0.2) is 52.1 Å². The van der Waals surface area contributed by atoms with Gasteiger partial charge in [0.05, 0.1) is 29.9 Å². The second-order valence-electron chi connectivity index (χ2n) is 5.84. The van der Waals surface area contributed by atoms with Crippen molar-refractivity contribution in [2.75, 3.05) is 24.4 Å². The highest BCUT2D eigenvalue weighted by Gasteiger charge is 2.23. The average molecular weight is 390 g/mol. The minimum Gasteiger partial charge on any atom is -0.494 e. The Morgan fingerprint density at radius 3 is 3.07 bits per heavy atom. The van der Waals surface area contributed by atoms with E-state index in [2.05, 4.69) is 20.3 Å². The molecule has 1 aliphatic rings. The quantitative estimate of drug-likeness (QED) is 0.703. The number of methoxy groups -OCH3 is 1. The summed E-state index contributed by atoms with van der Waals surface area (Å²) in [5.74, 6) is 0.251. The topological polar surface area (TPSA) is 105 Å². The van der Waals surface area contributed by atoms with Crippen LogP contribution in [0, 0.1) is 5.82 Å². The van der Waals surface area contributed by atoms with E-state index in [0.717, 1.165) is 0 Å². The van der Waals surface area contributed by atoms with Crippen molar-refractivity contribution >= 4 is 50.4 Å². The molecule has 1 atom stereocenters. The van der Waals surface area contributed by atoms with E-state index in [1.807, 2.05) is 0 Å². The van der Waals surface area contributed by atoms with Crippen LogP contribution in [0.3, 0.4) is 0 Å². The number of nitrogens with one attached hydrogen (secondary N) is 1. The van der Waals surface area contributed by atoms with E-state index in [0.29, 0.717) is 27.0 Å². The Morgan fingerprint density at radius 1 is 1.48 bits per heavy atom. The van der Waals surface area contributed by atoms with E-state index in [1.165, 1.54) is 43.1 Å². The molecule has 3 heterocycles. The summed E-state index contributed by atoms with van der Waals surface area (Å²) in [5, 5.41) is 12.8. The first-order chi connectivity index (χ1) is 13.0. The maximum absolute atomic E-state index is 13.8. The second-order valence-corrected chi connectivity index (χ2v) is 6.87. The number of aromatic nitrogens is 3. The number of amides is 1. The highest BCUT2D eigenvalue weighted by molar-refractivity contribution is 7.22. The molecule has 0 saturated carbocycles. The minimum absolute atomic E-state index is 0.0305. The van der Waals surface area contributed by atoms with Gasteiger partial charge in [0.15, 0.2) is 34.6 Å². The van der Waals surface area contributed by atoms with Crippen molar-refractivity contribution in [2.45, 2.75) is 12.8 Å². The molecule has 1 unspecified atom stereocenters. The number of imidazole rings is 1. The molecule has 9 nitrogen and oxygen atoms in total. The van der Waals surface area contributed by atoms with Gasteiger partial charge in [0, 0.05) is 13.1 Å². The van der Waals surface area contributed by atoms with Gasteiger partial charge in [-0.1, -0.05) is 11.3 Å². The zero-order valence-corrected chi connectivity index (χ0v) is 15.2. The molecule has 0 radical (unpaired) electrons. The maximum Gasteiger partial charge on any atom is 0.246 e. The van der Waals surface area contributed by atoms with Crippen LogP contribution in [0.5, 0.6) is 5.75 Å². The Labute approximate surface area is 156 Å². The molecule has 2 N–H and O–H groups in total. The van der Waals surface area contributed by atoms with Gasteiger partial charge in [0.25, 0.3) is 0 Å². The van der Waals surface area contributed by atoms with Gasteiger partial charge in [-0.2, -0.15) is 0 Å². The lowest BCUT2D eigenvalue weighted by molar-refractivity contribution is -0.116. The largest absolute Gasteiger partial charge is 0.494 e. The second kappa shape index (κ2) is 6.59. The van der Waals surface area contributed by atoms with E-state index in [4.69, 9.17) is 4.74 Å². The summed E-state index contributed by atoms with van der Waals surface area (Å²) in [7, 11) is 3.06. The number of aliphatic imine (C=N–C) groups is 1. The van der Waals surface area contributed by atoms with Crippen LogP contribution < -0.4 is 15.0 Å². The van der Waals surface area contributed by atoms with E-state index < -0.39 is 12.0 Å². The summed E-state index contributed by atoms with van der Waals surface area (Å²) in [4.78, 5) is 26.5. The molecule has 0 aliphatic carbocycles. The number of carbonyl (C=O) groups excluding carboxylic acids is 1. The van der Waals surface area contributed by atoms with Crippen molar-refractivity contribution < 1.29 is 19.0 Å². The Hall–Kier alpha value is -3.05. The number of benzene rings is 1. The molecule has 1 aliphatic heterocycles. The van der Waals surface area contributed by atoms with Crippen LogP contribution in [0.15, 0.2) is 23.5 Å². The average Bonchev–Trinajstić information content (AvgIpc) is 3.20. The molecule has 0 fully saturated rings. The fourth-order valence-electron chi connectivity index (χ4n) is 2.68. The lowest BCUT2D eigenvalue weighted by atomic mass is 10.3. The third kappa shape index (κ3) is 3.11. The number of nitrogens with zero attached hydrogens (tertiary/aromatic N) is 5. The fraction of sp³-hybridized carbons (Fsp3) is 0.250. The van der Waals surface area contributed by atoms with Crippen molar-refractivity contribution in [1.82, 2.24) is 14.5 Å². The molecule has 27 heavy (non-hydrogen) atoms.